The molecule has 2 saturated carbocycles. The van der Waals surface area contributed by atoms with E-state index in [2.05, 4.69) is 12.2 Å². The highest BCUT2D eigenvalue weighted by Gasteiger charge is 2.47. The van der Waals surface area contributed by atoms with Gasteiger partial charge in [-0.15, -0.1) is 0 Å². The molecule has 3 aliphatic rings. The van der Waals surface area contributed by atoms with E-state index in [0.29, 0.717) is 17.9 Å². The van der Waals surface area contributed by atoms with Crippen LogP contribution in [0.3, 0.4) is 0 Å². The Bertz CT molecular complexity index is 543. The predicted molar refractivity (Wildman–Crippen MR) is 116 cm³/mol. The number of nitrogens with zero attached hydrogens (tertiary/aromatic N) is 2. The van der Waals surface area contributed by atoms with Crippen molar-refractivity contribution in [2.45, 2.75) is 108 Å². The van der Waals surface area contributed by atoms with Gasteiger partial charge in [-0.25, -0.2) is 4.99 Å². The highest BCUT2D eigenvalue weighted by atomic mass is 16.2. The number of hydrogen-bond acceptors (Lipinski definition) is 4. The Kier molecular flexibility index (Phi) is 7.78. The zero-order valence-corrected chi connectivity index (χ0v) is 18.2. The molecule has 0 bridgehead atoms. The number of guanidine groups is 1. The highest BCUT2D eigenvalue weighted by molar-refractivity contribution is 6.06. The summed E-state index contributed by atoms with van der Waals surface area (Å²) < 4.78 is 0. The van der Waals surface area contributed by atoms with E-state index < -0.39 is 5.54 Å². The standard InChI is InChI=1S/C23H42N4O/c1-3-4-15-25-20-12-8-11-19(16-20)17-23(21(28)27(2)22(24)26-23)14-13-18-9-6-5-7-10-18/h18-20,25H,3-17H2,1-2H3,(H2,24,26)/t19-,20-,23+/m0/s1. The van der Waals surface area contributed by atoms with Crippen LogP contribution in [0.15, 0.2) is 4.99 Å². The Hall–Kier alpha value is -1.10. The summed E-state index contributed by atoms with van der Waals surface area (Å²) in [6, 6.07) is 0.608. The van der Waals surface area contributed by atoms with Crippen molar-refractivity contribution in [1.82, 2.24) is 10.2 Å². The number of amides is 1. The SMILES string of the molecule is CCCCN[C@H]1CCC[C@H](C[C@@]2(CCC3CCCCC3)N=C(N)N(C)C2=O)C1. The number of carbonyl (C=O) groups is 1. The molecule has 2 fully saturated rings. The molecule has 28 heavy (non-hydrogen) atoms. The fraction of sp³-hybridized carbons (Fsp3) is 0.913. The highest BCUT2D eigenvalue weighted by Crippen LogP contribution is 2.40. The minimum Gasteiger partial charge on any atom is -0.369 e. The van der Waals surface area contributed by atoms with Crippen molar-refractivity contribution >= 4 is 11.9 Å². The van der Waals surface area contributed by atoms with E-state index in [0.717, 1.165) is 31.7 Å². The van der Waals surface area contributed by atoms with Gasteiger partial charge < -0.3 is 11.1 Å². The summed E-state index contributed by atoms with van der Waals surface area (Å²) in [5.74, 6) is 1.91. The maximum atomic E-state index is 13.2. The number of unbranched alkanes of at least 4 members (excludes halogenated alkanes) is 1. The maximum Gasteiger partial charge on any atom is 0.257 e. The zero-order valence-electron chi connectivity index (χ0n) is 18.2. The van der Waals surface area contributed by atoms with Crippen LogP contribution in [0.5, 0.6) is 0 Å². The molecule has 2 aliphatic carbocycles. The van der Waals surface area contributed by atoms with E-state index in [-0.39, 0.29) is 5.91 Å². The van der Waals surface area contributed by atoms with Crippen LogP contribution in [0.4, 0.5) is 0 Å². The third kappa shape index (κ3) is 5.28. The summed E-state index contributed by atoms with van der Waals surface area (Å²) in [6.45, 7) is 3.36. The van der Waals surface area contributed by atoms with E-state index in [1.807, 2.05) is 0 Å². The number of nitrogens with two attached hydrogens (primary N) is 1. The molecule has 0 saturated heterocycles. The molecular formula is C23H42N4O. The van der Waals surface area contributed by atoms with Gasteiger partial charge in [0.25, 0.3) is 5.91 Å². The van der Waals surface area contributed by atoms with Crippen molar-refractivity contribution in [2.24, 2.45) is 22.6 Å². The van der Waals surface area contributed by atoms with E-state index >= 15 is 0 Å². The molecule has 3 N–H and O–H groups in total. The third-order valence-electron chi connectivity index (χ3n) is 7.44. The predicted octanol–water partition coefficient (Wildman–Crippen LogP) is 4.21. The molecule has 5 nitrogen and oxygen atoms in total. The number of nitrogens with one attached hydrogen (secondary N) is 1. The number of likely N-dealkylation sites (N-methyl/N-ethyl adjacent to an activating group) is 1. The van der Waals surface area contributed by atoms with Gasteiger partial charge in [-0.05, 0) is 56.9 Å². The van der Waals surface area contributed by atoms with Crippen molar-refractivity contribution in [3.8, 4) is 0 Å². The summed E-state index contributed by atoms with van der Waals surface area (Å²) in [5, 5.41) is 3.75. The molecule has 5 heteroatoms. The lowest BCUT2D eigenvalue weighted by Gasteiger charge is -2.35. The molecule has 0 aromatic carbocycles. The van der Waals surface area contributed by atoms with E-state index in [9.17, 15) is 4.79 Å². The molecule has 0 spiro atoms. The first kappa shape index (κ1) is 21.6. The van der Waals surface area contributed by atoms with Crippen molar-refractivity contribution in [1.29, 1.82) is 0 Å². The van der Waals surface area contributed by atoms with E-state index in [4.69, 9.17) is 10.7 Å². The van der Waals surface area contributed by atoms with Crippen LogP contribution < -0.4 is 11.1 Å². The van der Waals surface area contributed by atoms with Gasteiger partial charge in [0.05, 0.1) is 0 Å². The van der Waals surface area contributed by atoms with Crippen LogP contribution in [0, 0.1) is 11.8 Å². The van der Waals surface area contributed by atoms with Gasteiger partial charge in [-0.1, -0.05) is 58.3 Å². The summed E-state index contributed by atoms with van der Waals surface area (Å²) in [4.78, 5) is 19.6. The fourth-order valence-electron chi connectivity index (χ4n) is 5.70. The second kappa shape index (κ2) is 10.1. The number of rotatable bonds is 9. The van der Waals surface area contributed by atoms with Crippen molar-refractivity contribution in [3.63, 3.8) is 0 Å². The van der Waals surface area contributed by atoms with Gasteiger partial charge in [0.1, 0.15) is 5.54 Å². The molecule has 1 aliphatic heterocycles. The second-order valence-electron chi connectivity index (χ2n) is 9.65. The average molecular weight is 391 g/mol. The molecular weight excluding hydrogens is 348 g/mol. The van der Waals surface area contributed by atoms with Crippen LogP contribution in [-0.4, -0.2) is 41.9 Å². The van der Waals surface area contributed by atoms with E-state index in [1.165, 1.54) is 70.6 Å². The zero-order chi connectivity index (χ0) is 20.0. The molecule has 1 amide bonds. The summed E-state index contributed by atoms with van der Waals surface area (Å²) in [7, 11) is 1.79. The largest absolute Gasteiger partial charge is 0.369 e. The maximum absolute atomic E-state index is 13.2. The van der Waals surface area contributed by atoms with Gasteiger partial charge in [0.15, 0.2) is 5.96 Å². The Labute approximate surface area is 171 Å². The lowest BCUT2D eigenvalue weighted by atomic mass is 9.74. The van der Waals surface area contributed by atoms with Crippen molar-refractivity contribution < 1.29 is 4.79 Å². The smallest absolute Gasteiger partial charge is 0.257 e. The Balaban J connectivity index is 1.63. The first-order valence-corrected chi connectivity index (χ1v) is 11.9. The molecule has 0 radical (unpaired) electrons. The summed E-state index contributed by atoms with van der Waals surface area (Å²) in [5.41, 5.74) is 5.52. The lowest BCUT2D eigenvalue weighted by molar-refractivity contribution is -0.131. The lowest BCUT2D eigenvalue weighted by Crippen LogP contribution is -2.45. The average Bonchev–Trinajstić information content (AvgIpc) is 2.92. The minimum atomic E-state index is -0.591. The van der Waals surface area contributed by atoms with Gasteiger partial charge in [-0.3, -0.25) is 9.69 Å². The molecule has 3 rings (SSSR count). The number of carbonyl (C=O) groups excluding carboxylic acids is 1. The van der Waals surface area contributed by atoms with Crippen LogP contribution >= 0.6 is 0 Å². The molecule has 0 unspecified atom stereocenters. The Morgan fingerprint density at radius 2 is 1.89 bits per heavy atom. The second-order valence-corrected chi connectivity index (χ2v) is 9.65. The summed E-state index contributed by atoms with van der Waals surface area (Å²) in [6.07, 6.45) is 17.0. The molecule has 3 atom stereocenters. The monoisotopic (exact) mass is 390 g/mol. The fourth-order valence-corrected chi connectivity index (χ4v) is 5.70. The van der Waals surface area contributed by atoms with Crippen LogP contribution in [-0.2, 0) is 4.79 Å². The van der Waals surface area contributed by atoms with E-state index in [1.54, 1.807) is 11.9 Å². The first-order valence-electron chi connectivity index (χ1n) is 11.9. The van der Waals surface area contributed by atoms with Crippen LogP contribution in [0.1, 0.15) is 96.8 Å². The Morgan fingerprint density at radius 3 is 2.57 bits per heavy atom. The number of aliphatic imine (C=N–C) groups is 1. The molecule has 0 aromatic rings. The van der Waals surface area contributed by atoms with Gasteiger partial charge in [-0.2, -0.15) is 0 Å². The normalized spacial score (nSPS) is 32.0. The van der Waals surface area contributed by atoms with Crippen LogP contribution in [0.25, 0.3) is 0 Å². The minimum absolute atomic E-state index is 0.141. The number of hydrogen-bond donors (Lipinski definition) is 2. The van der Waals surface area contributed by atoms with Crippen molar-refractivity contribution in [2.75, 3.05) is 13.6 Å². The quantitative estimate of drug-likeness (QED) is 0.579. The summed E-state index contributed by atoms with van der Waals surface area (Å²) >= 11 is 0. The van der Waals surface area contributed by atoms with Gasteiger partial charge >= 0.3 is 0 Å². The van der Waals surface area contributed by atoms with Crippen LogP contribution in [0.2, 0.25) is 0 Å². The molecule has 160 valence electrons. The topological polar surface area (TPSA) is 70.7 Å². The van der Waals surface area contributed by atoms with Gasteiger partial charge in [0, 0.05) is 13.1 Å². The first-order chi connectivity index (χ1) is 13.5. The Morgan fingerprint density at radius 1 is 1.14 bits per heavy atom. The van der Waals surface area contributed by atoms with Gasteiger partial charge in [0.2, 0.25) is 0 Å². The third-order valence-corrected chi connectivity index (χ3v) is 7.44. The van der Waals surface area contributed by atoms with Crippen molar-refractivity contribution in [3.05, 3.63) is 0 Å². The molecule has 0 aromatic heterocycles. The molecule has 1 heterocycles.